The summed E-state index contributed by atoms with van der Waals surface area (Å²) in [6, 6.07) is 8.22. The molecule has 0 unspecified atom stereocenters. The van der Waals surface area contributed by atoms with E-state index in [-0.39, 0.29) is 5.60 Å². The van der Waals surface area contributed by atoms with Crippen LogP contribution in [0.25, 0.3) is 11.3 Å². The first-order valence-corrected chi connectivity index (χ1v) is 6.82. The largest absolute Gasteiger partial charge is 0.482 e. The van der Waals surface area contributed by atoms with E-state index in [1.54, 1.807) is 0 Å². The highest BCUT2D eigenvalue weighted by Gasteiger charge is 2.43. The molecule has 4 rings (SSSR count). The summed E-state index contributed by atoms with van der Waals surface area (Å²) in [5, 5.41) is 8.07. The lowest BCUT2D eigenvalue weighted by Crippen LogP contribution is -2.45. The summed E-state index contributed by atoms with van der Waals surface area (Å²) in [4.78, 5) is 0. The minimum atomic E-state index is -0.191. The number of aryl methyl sites for hydroxylation is 1. The molecule has 0 bridgehead atoms. The van der Waals surface area contributed by atoms with Crippen LogP contribution in [-0.4, -0.2) is 22.9 Å². The van der Waals surface area contributed by atoms with Crippen molar-refractivity contribution in [1.29, 1.82) is 0 Å². The Labute approximate surface area is 112 Å². The van der Waals surface area contributed by atoms with Crippen molar-refractivity contribution in [2.24, 2.45) is 7.05 Å². The van der Waals surface area contributed by atoms with Crippen molar-refractivity contribution >= 4 is 0 Å². The standard InChI is InChI=1S/C15H17N3O/c1-18-10-12-14(17-18)11-4-2-3-5-13(11)19-15(12)6-8-16-9-7-15/h2-5,10,16H,6-9H2,1H3. The number of rotatable bonds is 0. The highest BCUT2D eigenvalue weighted by atomic mass is 16.5. The molecule has 0 radical (unpaired) electrons. The van der Waals surface area contributed by atoms with Crippen LogP contribution < -0.4 is 10.1 Å². The van der Waals surface area contributed by atoms with Gasteiger partial charge in [0.2, 0.25) is 0 Å². The maximum absolute atomic E-state index is 6.41. The van der Waals surface area contributed by atoms with Gasteiger partial charge in [0.05, 0.1) is 0 Å². The number of piperidine rings is 1. The number of para-hydroxylation sites is 1. The van der Waals surface area contributed by atoms with Crippen molar-refractivity contribution in [3.63, 3.8) is 0 Å². The molecule has 4 nitrogen and oxygen atoms in total. The van der Waals surface area contributed by atoms with Gasteiger partial charge in [0, 0.05) is 37.2 Å². The van der Waals surface area contributed by atoms with Crippen LogP contribution in [0.4, 0.5) is 0 Å². The third-order valence-electron chi connectivity index (χ3n) is 4.18. The first-order chi connectivity index (χ1) is 9.28. The second-order valence-corrected chi connectivity index (χ2v) is 5.41. The third-order valence-corrected chi connectivity index (χ3v) is 4.18. The van der Waals surface area contributed by atoms with Gasteiger partial charge < -0.3 is 10.1 Å². The molecule has 1 N–H and O–H groups in total. The van der Waals surface area contributed by atoms with E-state index in [1.807, 2.05) is 23.9 Å². The lowest BCUT2D eigenvalue weighted by atomic mass is 9.81. The topological polar surface area (TPSA) is 39.1 Å². The summed E-state index contributed by atoms with van der Waals surface area (Å²) < 4.78 is 8.31. The van der Waals surface area contributed by atoms with Gasteiger partial charge in [-0.1, -0.05) is 12.1 Å². The van der Waals surface area contributed by atoms with Crippen molar-refractivity contribution in [2.75, 3.05) is 13.1 Å². The van der Waals surface area contributed by atoms with Crippen LogP contribution in [0.3, 0.4) is 0 Å². The van der Waals surface area contributed by atoms with E-state index < -0.39 is 0 Å². The fourth-order valence-corrected chi connectivity index (χ4v) is 3.24. The molecule has 1 fully saturated rings. The van der Waals surface area contributed by atoms with Gasteiger partial charge in [0.25, 0.3) is 0 Å². The Bertz CT molecular complexity index is 626. The van der Waals surface area contributed by atoms with Crippen LogP contribution in [0.15, 0.2) is 30.5 Å². The number of nitrogens with one attached hydrogen (secondary N) is 1. The van der Waals surface area contributed by atoms with Gasteiger partial charge in [-0.2, -0.15) is 5.10 Å². The van der Waals surface area contributed by atoms with E-state index in [1.165, 1.54) is 5.56 Å². The summed E-state index contributed by atoms with van der Waals surface area (Å²) in [5.74, 6) is 0.968. The zero-order chi connectivity index (χ0) is 12.9. The van der Waals surface area contributed by atoms with Crippen molar-refractivity contribution in [3.05, 3.63) is 36.0 Å². The van der Waals surface area contributed by atoms with E-state index in [4.69, 9.17) is 4.74 Å². The first kappa shape index (κ1) is 11.1. The molecule has 0 aliphatic carbocycles. The van der Waals surface area contributed by atoms with Crippen LogP contribution in [0.5, 0.6) is 5.75 Å². The monoisotopic (exact) mass is 255 g/mol. The Balaban J connectivity index is 1.94. The number of nitrogens with zero attached hydrogens (tertiary/aromatic N) is 2. The van der Waals surface area contributed by atoms with Crippen LogP contribution in [0.2, 0.25) is 0 Å². The zero-order valence-electron chi connectivity index (χ0n) is 11.0. The molecule has 2 aliphatic heterocycles. The van der Waals surface area contributed by atoms with Crippen molar-refractivity contribution in [1.82, 2.24) is 15.1 Å². The summed E-state index contributed by atoms with van der Waals surface area (Å²) in [6.07, 6.45) is 4.12. The Morgan fingerprint density at radius 3 is 2.89 bits per heavy atom. The average molecular weight is 255 g/mol. The minimum Gasteiger partial charge on any atom is -0.482 e. The molecule has 98 valence electrons. The second-order valence-electron chi connectivity index (χ2n) is 5.41. The first-order valence-electron chi connectivity index (χ1n) is 6.82. The van der Waals surface area contributed by atoms with Gasteiger partial charge in [0.15, 0.2) is 0 Å². The molecule has 4 heteroatoms. The quantitative estimate of drug-likeness (QED) is 0.783. The molecule has 3 heterocycles. The molecular formula is C15H17N3O. The van der Waals surface area contributed by atoms with Crippen LogP contribution in [-0.2, 0) is 12.6 Å². The molecular weight excluding hydrogens is 238 g/mol. The van der Waals surface area contributed by atoms with Crippen LogP contribution in [0, 0.1) is 0 Å². The van der Waals surface area contributed by atoms with Gasteiger partial charge in [-0.3, -0.25) is 4.68 Å². The molecule has 1 aromatic heterocycles. The van der Waals surface area contributed by atoms with Gasteiger partial charge in [-0.05, 0) is 25.2 Å². The lowest BCUT2D eigenvalue weighted by molar-refractivity contribution is 0.0307. The second kappa shape index (κ2) is 3.84. The maximum Gasteiger partial charge on any atom is 0.140 e. The number of fused-ring (bicyclic) bond motifs is 4. The lowest BCUT2D eigenvalue weighted by Gasteiger charge is -2.41. The third kappa shape index (κ3) is 1.53. The molecule has 2 aliphatic rings. The summed E-state index contributed by atoms with van der Waals surface area (Å²) in [7, 11) is 1.98. The predicted octanol–water partition coefficient (Wildman–Crippen LogP) is 2.06. The van der Waals surface area contributed by atoms with E-state index >= 15 is 0 Å². The van der Waals surface area contributed by atoms with E-state index in [2.05, 4.69) is 28.7 Å². The van der Waals surface area contributed by atoms with Crippen LogP contribution >= 0.6 is 0 Å². The van der Waals surface area contributed by atoms with Crippen LogP contribution in [0.1, 0.15) is 18.4 Å². The Kier molecular flexibility index (Phi) is 2.23. The molecule has 19 heavy (non-hydrogen) atoms. The number of ether oxygens (including phenoxy) is 1. The Morgan fingerprint density at radius 2 is 2.05 bits per heavy atom. The summed E-state index contributed by atoms with van der Waals surface area (Å²) >= 11 is 0. The normalized spacial score (nSPS) is 19.6. The highest BCUT2D eigenvalue weighted by Crippen LogP contribution is 2.47. The molecule has 0 saturated carbocycles. The molecule has 0 atom stereocenters. The minimum absolute atomic E-state index is 0.191. The SMILES string of the molecule is Cn1cc2c(n1)-c1ccccc1OC21CCNCC1. The predicted molar refractivity (Wildman–Crippen MR) is 73.1 cm³/mol. The fourth-order valence-electron chi connectivity index (χ4n) is 3.24. The van der Waals surface area contributed by atoms with E-state index in [0.29, 0.717) is 0 Å². The molecule has 1 saturated heterocycles. The fraction of sp³-hybridized carbons (Fsp3) is 0.400. The molecule has 1 spiro atoms. The van der Waals surface area contributed by atoms with E-state index in [0.717, 1.165) is 42.9 Å². The smallest absolute Gasteiger partial charge is 0.140 e. The van der Waals surface area contributed by atoms with Gasteiger partial charge >= 0.3 is 0 Å². The Morgan fingerprint density at radius 1 is 1.26 bits per heavy atom. The van der Waals surface area contributed by atoms with Gasteiger partial charge in [0.1, 0.15) is 17.0 Å². The average Bonchev–Trinajstić information content (AvgIpc) is 2.83. The maximum atomic E-state index is 6.41. The summed E-state index contributed by atoms with van der Waals surface area (Å²) in [6.45, 7) is 1.99. The Hall–Kier alpha value is -1.81. The molecule has 2 aromatic rings. The molecule has 1 aromatic carbocycles. The number of aromatic nitrogens is 2. The van der Waals surface area contributed by atoms with Crippen molar-refractivity contribution in [3.8, 4) is 17.0 Å². The van der Waals surface area contributed by atoms with E-state index in [9.17, 15) is 0 Å². The van der Waals surface area contributed by atoms with Crippen molar-refractivity contribution < 1.29 is 4.74 Å². The van der Waals surface area contributed by atoms with Gasteiger partial charge in [-0.15, -0.1) is 0 Å². The number of benzene rings is 1. The zero-order valence-corrected chi connectivity index (χ0v) is 11.0. The summed E-state index contributed by atoms with van der Waals surface area (Å²) in [5.41, 5.74) is 3.26. The van der Waals surface area contributed by atoms with Crippen molar-refractivity contribution in [2.45, 2.75) is 18.4 Å². The number of hydrogen-bond acceptors (Lipinski definition) is 3. The van der Waals surface area contributed by atoms with Gasteiger partial charge in [-0.25, -0.2) is 0 Å². The molecule has 0 amide bonds. The number of hydrogen-bond donors (Lipinski definition) is 1. The highest BCUT2D eigenvalue weighted by molar-refractivity contribution is 5.73.